The van der Waals surface area contributed by atoms with Gasteiger partial charge in [0, 0.05) is 22.6 Å². The van der Waals surface area contributed by atoms with E-state index < -0.39 is 5.41 Å². The fourth-order valence-corrected chi connectivity index (χ4v) is 7.11. The summed E-state index contributed by atoms with van der Waals surface area (Å²) < 4.78 is 0. The molecule has 6 aromatic rings. The Bertz CT molecular complexity index is 1860. The van der Waals surface area contributed by atoms with Gasteiger partial charge >= 0.3 is 0 Å². The van der Waals surface area contributed by atoms with Crippen molar-refractivity contribution < 1.29 is 0 Å². The smallest absolute Gasteiger partial charge is 0.159 e. The molecule has 0 N–H and O–H groups in total. The highest BCUT2D eigenvalue weighted by Gasteiger charge is 2.53. The maximum Gasteiger partial charge on any atom is 0.159 e. The van der Waals surface area contributed by atoms with Gasteiger partial charge in [0.25, 0.3) is 0 Å². The number of benzene rings is 5. The molecule has 2 aliphatic rings. The molecule has 0 atom stereocenters. The molecule has 0 saturated carbocycles. The fourth-order valence-electron chi connectivity index (χ4n) is 7.11. The van der Waals surface area contributed by atoms with Gasteiger partial charge in [-0.3, -0.25) is 0 Å². The van der Waals surface area contributed by atoms with Crippen molar-refractivity contribution in [2.45, 2.75) is 24.7 Å². The maximum absolute atomic E-state index is 4.95. The lowest BCUT2D eigenvalue weighted by molar-refractivity contribution is 0.563. The normalized spacial score (nSPS) is 15.5. The van der Waals surface area contributed by atoms with Crippen LogP contribution in [-0.2, 0) is 10.8 Å². The van der Waals surface area contributed by atoms with Crippen LogP contribution in [0.1, 0.15) is 47.2 Å². The standard InChI is InChI=1S/C36H26N2/c1-35(2)28-14-6-8-16-30(28)36(31-17-9-7-15-29(31)35)27-13-5-4-12-25(27)26-20-19-23(21-32(26)36)34-37-22-24-11-3-10-18-33(24)38-34/h3-22H,1-2H3. The van der Waals surface area contributed by atoms with Crippen LogP contribution in [0.4, 0.5) is 0 Å². The molecule has 5 aromatic carbocycles. The second-order valence-corrected chi connectivity index (χ2v) is 11.0. The first-order valence-electron chi connectivity index (χ1n) is 13.3. The Morgan fingerprint density at radius 3 is 1.84 bits per heavy atom. The van der Waals surface area contributed by atoms with Crippen molar-refractivity contribution in [1.82, 2.24) is 9.97 Å². The van der Waals surface area contributed by atoms with E-state index in [-0.39, 0.29) is 5.41 Å². The van der Waals surface area contributed by atoms with E-state index >= 15 is 0 Å². The first kappa shape index (κ1) is 21.5. The molecule has 1 spiro atoms. The highest BCUT2D eigenvalue weighted by molar-refractivity contribution is 5.90. The molecule has 0 unspecified atom stereocenters. The summed E-state index contributed by atoms with van der Waals surface area (Å²) in [5.41, 5.74) is 12.3. The van der Waals surface area contributed by atoms with Gasteiger partial charge in [0.05, 0.1) is 10.9 Å². The third-order valence-corrected chi connectivity index (χ3v) is 8.80. The Morgan fingerprint density at radius 2 is 1.11 bits per heavy atom. The predicted octanol–water partition coefficient (Wildman–Crippen LogP) is 8.30. The van der Waals surface area contributed by atoms with Crippen molar-refractivity contribution in [3.63, 3.8) is 0 Å². The SMILES string of the molecule is CC1(C)c2ccccc2C2(c3ccccc3-c3ccc(-c4ncc5ccccc5n4)cc32)c2ccccc21. The first-order chi connectivity index (χ1) is 18.6. The van der Waals surface area contributed by atoms with E-state index in [1.165, 1.54) is 44.5 Å². The van der Waals surface area contributed by atoms with E-state index in [4.69, 9.17) is 9.97 Å². The van der Waals surface area contributed by atoms with Gasteiger partial charge in [-0.25, -0.2) is 9.97 Å². The van der Waals surface area contributed by atoms with Crippen LogP contribution in [0, 0.1) is 0 Å². The molecular formula is C36H26N2. The van der Waals surface area contributed by atoms with Gasteiger partial charge in [-0.2, -0.15) is 0 Å². The van der Waals surface area contributed by atoms with Crippen molar-refractivity contribution >= 4 is 10.9 Å². The number of para-hydroxylation sites is 1. The number of aromatic nitrogens is 2. The molecule has 180 valence electrons. The Balaban J connectivity index is 1.49. The zero-order chi connectivity index (χ0) is 25.5. The second kappa shape index (κ2) is 7.49. The number of fused-ring (bicyclic) bond motifs is 10. The Morgan fingerprint density at radius 1 is 0.526 bits per heavy atom. The molecule has 1 aromatic heterocycles. The molecule has 8 rings (SSSR count). The predicted molar refractivity (Wildman–Crippen MR) is 154 cm³/mol. The Hall–Kier alpha value is -4.56. The molecule has 2 heteroatoms. The lowest BCUT2D eigenvalue weighted by atomic mass is 9.55. The van der Waals surface area contributed by atoms with Crippen LogP contribution in [0.15, 0.2) is 121 Å². The van der Waals surface area contributed by atoms with E-state index in [9.17, 15) is 0 Å². The molecule has 38 heavy (non-hydrogen) atoms. The summed E-state index contributed by atoms with van der Waals surface area (Å²) in [6.07, 6.45) is 1.93. The van der Waals surface area contributed by atoms with Crippen molar-refractivity contribution in [3.8, 4) is 22.5 Å². The lowest BCUT2D eigenvalue weighted by Gasteiger charge is -2.46. The third kappa shape index (κ3) is 2.62. The highest BCUT2D eigenvalue weighted by Crippen LogP contribution is 2.62. The van der Waals surface area contributed by atoms with Crippen LogP contribution in [0.3, 0.4) is 0 Å². The number of rotatable bonds is 1. The minimum absolute atomic E-state index is 0.102. The van der Waals surface area contributed by atoms with E-state index in [1.807, 2.05) is 18.3 Å². The molecule has 0 fully saturated rings. The van der Waals surface area contributed by atoms with Gasteiger partial charge in [-0.1, -0.05) is 117 Å². The van der Waals surface area contributed by atoms with Gasteiger partial charge in [0.15, 0.2) is 5.82 Å². The van der Waals surface area contributed by atoms with Gasteiger partial charge in [-0.05, 0) is 56.6 Å². The van der Waals surface area contributed by atoms with Crippen LogP contribution in [0.25, 0.3) is 33.4 Å². The summed E-state index contributed by atoms with van der Waals surface area (Å²) in [6, 6.07) is 42.0. The summed E-state index contributed by atoms with van der Waals surface area (Å²) in [5.74, 6) is 0.760. The van der Waals surface area contributed by atoms with Crippen LogP contribution in [0.5, 0.6) is 0 Å². The maximum atomic E-state index is 4.95. The van der Waals surface area contributed by atoms with Crippen LogP contribution in [0.2, 0.25) is 0 Å². The van der Waals surface area contributed by atoms with Crippen molar-refractivity contribution in [1.29, 1.82) is 0 Å². The molecule has 1 heterocycles. The van der Waals surface area contributed by atoms with Gasteiger partial charge in [0.2, 0.25) is 0 Å². The molecule has 0 saturated heterocycles. The van der Waals surface area contributed by atoms with E-state index in [2.05, 4.69) is 117 Å². The summed E-state index contributed by atoms with van der Waals surface area (Å²) in [5, 5.41) is 1.05. The average Bonchev–Trinajstić information content (AvgIpc) is 3.26. The zero-order valence-electron chi connectivity index (χ0n) is 21.4. The largest absolute Gasteiger partial charge is 0.236 e. The molecular weight excluding hydrogens is 460 g/mol. The van der Waals surface area contributed by atoms with Crippen LogP contribution < -0.4 is 0 Å². The molecule has 2 nitrogen and oxygen atoms in total. The fraction of sp³-hybridized carbons (Fsp3) is 0.111. The number of hydrogen-bond acceptors (Lipinski definition) is 2. The van der Waals surface area contributed by atoms with E-state index in [1.54, 1.807) is 0 Å². The molecule has 2 aliphatic carbocycles. The molecule has 0 radical (unpaired) electrons. The molecule has 0 bridgehead atoms. The topological polar surface area (TPSA) is 25.8 Å². The van der Waals surface area contributed by atoms with E-state index in [0.717, 1.165) is 22.3 Å². The summed E-state index contributed by atoms with van der Waals surface area (Å²) >= 11 is 0. The second-order valence-electron chi connectivity index (χ2n) is 11.0. The summed E-state index contributed by atoms with van der Waals surface area (Å²) in [4.78, 5) is 9.74. The van der Waals surface area contributed by atoms with Crippen molar-refractivity contribution in [2.75, 3.05) is 0 Å². The van der Waals surface area contributed by atoms with Gasteiger partial charge in [-0.15, -0.1) is 0 Å². The van der Waals surface area contributed by atoms with Crippen molar-refractivity contribution in [2.24, 2.45) is 0 Å². The molecule has 0 aliphatic heterocycles. The Kier molecular flexibility index (Phi) is 4.24. The van der Waals surface area contributed by atoms with Crippen molar-refractivity contribution in [3.05, 3.63) is 155 Å². The number of nitrogens with zero attached hydrogens (tertiary/aromatic N) is 2. The van der Waals surface area contributed by atoms with Gasteiger partial charge < -0.3 is 0 Å². The Labute approximate surface area is 222 Å². The zero-order valence-corrected chi connectivity index (χ0v) is 21.4. The van der Waals surface area contributed by atoms with E-state index in [0.29, 0.717) is 0 Å². The quantitative estimate of drug-likeness (QED) is 0.233. The minimum Gasteiger partial charge on any atom is -0.236 e. The average molecular weight is 487 g/mol. The summed E-state index contributed by atoms with van der Waals surface area (Å²) in [6.45, 7) is 4.72. The lowest BCUT2D eigenvalue weighted by Crippen LogP contribution is -2.40. The molecule has 0 amide bonds. The summed E-state index contributed by atoms with van der Waals surface area (Å²) in [7, 11) is 0. The number of hydrogen-bond donors (Lipinski definition) is 0. The van der Waals surface area contributed by atoms with Crippen LogP contribution >= 0.6 is 0 Å². The first-order valence-corrected chi connectivity index (χ1v) is 13.3. The van der Waals surface area contributed by atoms with Gasteiger partial charge in [0.1, 0.15) is 0 Å². The highest BCUT2D eigenvalue weighted by atomic mass is 14.9. The third-order valence-electron chi connectivity index (χ3n) is 8.80. The minimum atomic E-state index is -0.401. The monoisotopic (exact) mass is 486 g/mol. The van der Waals surface area contributed by atoms with Crippen LogP contribution in [-0.4, -0.2) is 9.97 Å².